The van der Waals surface area contributed by atoms with Gasteiger partial charge in [0, 0.05) is 19.1 Å². The molecular formula is C16H14AlCl3F2O4. The summed E-state index contributed by atoms with van der Waals surface area (Å²) in [4.78, 5) is 21.1. The van der Waals surface area contributed by atoms with Crippen LogP contribution < -0.4 is 4.74 Å². The SMILES string of the molecule is CC(=O)Oc1cccc(F)c1.CC(=O)c1ccc(F)cc1O.[Cl][Al]([Cl])[Cl]. The van der Waals surface area contributed by atoms with Gasteiger partial charge in [0.15, 0.2) is 5.78 Å². The molecule has 140 valence electrons. The van der Waals surface area contributed by atoms with Crippen molar-refractivity contribution in [1.29, 1.82) is 0 Å². The summed E-state index contributed by atoms with van der Waals surface area (Å²) < 4.78 is 29.4. The highest BCUT2D eigenvalue weighted by atomic mass is 35.8. The van der Waals surface area contributed by atoms with Gasteiger partial charge in [-0.3, -0.25) is 9.59 Å². The monoisotopic (exact) mass is 440 g/mol. The fourth-order valence-corrected chi connectivity index (χ4v) is 1.50. The second-order valence-electron chi connectivity index (χ2n) is 4.52. The van der Waals surface area contributed by atoms with Gasteiger partial charge in [-0.05, 0) is 31.2 Å². The van der Waals surface area contributed by atoms with Crippen LogP contribution in [0.15, 0.2) is 42.5 Å². The summed E-state index contributed by atoms with van der Waals surface area (Å²) in [5.41, 5.74) is 0.145. The molecule has 2 rings (SSSR count). The molecule has 2 aromatic carbocycles. The highest BCUT2D eigenvalue weighted by molar-refractivity contribution is 7.54. The number of halogens is 5. The van der Waals surface area contributed by atoms with E-state index in [0.717, 1.165) is 18.2 Å². The lowest BCUT2D eigenvalue weighted by Gasteiger charge is -1.98. The van der Waals surface area contributed by atoms with Crippen molar-refractivity contribution in [2.45, 2.75) is 13.8 Å². The number of benzene rings is 2. The molecule has 0 unspecified atom stereocenters. The van der Waals surface area contributed by atoms with Gasteiger partial charge in [0.2, 0.25) is 0 Å². The van der Waals surface area contributed by atoms with Crippen LogP contribution in [0.5, 0.6) is 11.5 Å². The van der Waals surface area contributed by atoms with E-state index in [1.165, 1.54) is 38.1 Å². The number of ketones is 1. The minimum atomic E-state index is -1.72. The number of phenolic OH excluding ortho intramolecular Hbond substituents is 1. The third-order valence-electron chi connectivity index (χ3n) is 2.40. The minimum absolute atomic E-state index is 0.145. The first-order valence-electron chi connectivity index (χ1n) is 6.88. The molecule has 0 aromatic heterocycles. The Kier molecular flexibility index (Phi) is 12.2. The van der Waals surface area contributed by atoms with Crippen LogP contribution in [0.3, 0.4) is 0 Å². The summed E-state index contributed by atoms with van der Waals surface area (Å²) in [6, 6.07) is 8.74. The Morgan fingerprint density at radius 1 is 1.00 bits per heavy atom. The molecule has 0 amide bonds. The Morgan fingerprint density at radius 2 is 1.54 bits per heavy atom. The molecule has 0 radical (unpaired) electrons. The van der Waals surface area contributed by atoms with Gasteiger partial charge in [0.05, 0.1) is 5.56 Å². The molecule has 0 spiro atoms. The zero-order valence-corrected chi connectivity index (χ0v) is 17.1. The van der Waals surface area contributed by atoms with Crippen LogP contribution in [-0.4, -0.2) is 28.2 Å². The van der Waals surface area contributed by atoms with Gasteiger partial charge in [-0.2, -0.15) is 0 Å². The maximum atomic E-state index is 12.4. The Bertz CT molecular complexity index is 742. The van der Waals surface area contributed by atoms with E-state index in [4.69, 9.17) is 35.3 Å². The molecule has 0 bridgehead atoms. The van der Waals surface area contributed by atoms with Gasteiger partial charge in [-0.25, -0.2) is 38.9 Å². The van der Waals surface area contributed by atoms with Gasteiger partial charge < -0.3 is 9.84 Å². The second-order valence-corrected chi connectivity index (χ2v) is 10.9. The molecule has 1 N–H and O–H groups in total. The first-order valence-corrected chi connectivity index (χ1v) is 12.1. The number of hydrogen-bond acceptors (Lipinski definition) is 4. The van der Waals surface area contributed by atoms with Gasteiger partial charge in [0.25, 0.3) is 0 Å². The van der Waals surface area contributed by atoms with Crippen molar-refractivity contribution in [3.8, 4) is 11.5 Å². The van der Waals surface area contributed by atoms with Crippen LogP contribution in [0.25, 0.3) is 0 Å². The smallest absolute Gasteiger partial charge is 0.507 e. The molecule has 0 aliphatic heterocycles. The van der Waals surface area contributed by atoms with Crippen molar-refractivity contribution in [3.05, 3.63) is 59.7 Å². The number of phenols is 1. The maximum absolute atomic E-state index is 12.4. The number of Topliss-reactive ketones (excluding diaryl/α,β-unsaturated/α-hetero) is 1. The number of rotatable bonds is 2. The molecule has 0 heterocycles. The number of esters is 1. The summed E-state index contributed by atoms with van der Waals surface area (Å²) >= 11 is -1.72. The molecule has 0 fully saturated rings. The van der Waals surface area contributed by atoms with Crippen LogP contribution in [0.1, 0.15) is 24.2 Å². The minimum Gasteiger partial charge on any atom is -0.507 e. The predicted molar refractivity (Wildman–Crippen MR) is 99.1 cm³/mol. The predicted octanol–water partition coefficient (Wildman–Crippen LogP) is 5.17. The largest absolute Gasteiger partial charge is 0.643 e. The van der Waals surface area contributed by atoms with Crippen molar-refractivity contribution < 1.29 is 28.2 Å². The normalized spacial score (nSPS) is 9.04. The highest BCUT2D eigenvalue weighted by Crippen LogP contribution is 2.17. The van der Waals surface area contributed by atoms with Crippen molar-refractivity contribution >= 4 is 53.3 Å². The van der Waals surface area contributed by atoms with E-state index in [9.17, 15) is 18.4 Å². The summed E-state index contributed by atoms with van der Waals surface area (Å²) in [7, 11) is 14.8. The maximum Gasteiger partial charge on any atom is 0.643 e. The van der Waals surface area contributed by atoms with Crippen LogP contribution in [0.2, 0.25) is 0 Å². The first-order chi connectivity index (χ1) is 12.0. The third kappa shape index (κ3) is 12.1. The van der Waals surface area contributed by atoms with E-state index < -0.39 is 29.0 Å². The van der Waals surface area contributed by atoms with Crippen LogP contribution in [0, 0.1) is 11.6 Å². The van der Waals surface area contributed by atoms with Gasteiger partial charge in [-0.1, -0.05) is 6.07 Å². The molecule has 4 nitrogen and oxygen atoms in total. The van der Waals surface area contributed by atoms with Crippen molar-refractivity contribution in [2.75, 3.05) is 0 Å². The van der Waals surface area contributed by atoms with Gasteiger partial charge >= 0.3 is 17.4 Å². The Morgan fingerprint density at radius 3 is 1.96 bits per heavy atom. The Labute approximate surface area is 166 Å². The zero-order chi connectivity index (χ0) is 20.3. The van der Waals surface area contributed by atoms with E-state index in [2.05, 4.69) is 4.74 Å². The van der Waals surface area contributed by atoms with E-state index >= 15 is 0 Å². The summed E-state index contributed by atoms with van der Waals surface area (Å²) in [5.74, 6) is -1.76. The molecule has 26 heavy (non-hydrogen) atoms. The van der Waals surface area contributed by atoms with E-state index in [0.29, 0.717) is 0 Å². The average molecular weight is 442 g/mol. The lowest BCUT2D eigenvalue weighted by Crippen LogP contribution is -2.01. The van der Waals surface area contributed by atoms with Crippen LogP contribution in [0.4, 0.5) is 8.78 Å². The molecule has 0 saturated heterocycles. The quantitative estimate of drug-likeness (QED) is 0.302. The lowest BCUT2D eigenvalue weighted by molar-refractivity contribution is -0.131. The van der Waals surface area contributed by atoms with Crippen molar-refractivity contribution in [3.63, 3.8) is 0 Å². The number of carbonyl (C=O) groups excluding carboxylic acids is 2. The molecule has 0 aliphatic rings. The van der Waals surface area contributed by atoms with Crippen LogP contribution in [-0.2, 0) is 4.79 Å². The Balaban J connectivity index is 0.000000401. The van der Waals surface area contributed by atoms with E-state index in [1.807, 2.05) is 0 Å². The molecule has 10 heteroatoms. The van der Waals surface area contributed by atoms with Gasteiger partial charge in [0.1, 0.15) is 23.1 Å². The fourth-order valence-electron chi connectivity index (χ4n) is 1.50. The van der Waals surface area contributed by atoms with Crippen molar-refractivity contribution in [1.82, 2.24) is 0 Å². The van der Waals surface area contributed by atoms with E-state index in [1.54, 1.807) is 0 Å². The summed E-state index contributed by atoms with van der Waals surface area (Å²) in [6.45, 7) is 2.58. The third-order valence-corrected chi connectivity index (χ3v) is 2.40. The van der Waals surface area contributed by atoms with Gasteiger partial charge in [-0.15, -0.1) is 0 Å². The molecule has 2 aromatic rings. The van der Waals surface area contributed by atoms with E-state index in [-0.39, 0.29) is 22.8 Å². The van der Waals surface area contributed by atoms with Crippen LogP contribution >= 0.6 is 30.1 Å². The Hall–Kier alpha value is -1.36. The molecule has 0 saturated carbocycles. The summed E-state index contributed by atoms with van der Waals surface area (Å²) in [6.07, 6.45) is 0. The lowest BCUT2D eigenvalue weighted by atomic mass is 10.1. The molecule has 0 atom stereocenters. The fraction of sp³-hybridized carbons (Fsp3) is 0.125. The second kappa shape index (κ2) is 12.9. The average Bonchev–Trinajstić information content (AvgIpc) is 2.46. The summed E-state index contributed by atoms with van der Waals surface area (Å²) in [5, 5.41) is 9.00. The topological polar surface area (TPSA) is 63.6 Å². The number of ether oxygens (including phenoxy) is 1. The zero-order valence-electron chi connectivity index (χ0n) is 13.7. The number of aromatic hydroxyl groups is 1. The highest BCUT2D eigenvalue weighted by Gasteiger charge is 2.05. The molecular weight excluding hydrogens is 428 g/mol. The van der Waals surface area contributed by atoms with Crippen molar-refractivity contribution in [2.24, 2.45) is 0 Å². The number of hydrogen-bond donors (Lipinski definition) is 1. The standard InChI is InChI=1S/2C8H7FO2.Al.3ClH/c1-5(10)7-3-2-6(9)4-8(7)11;1-6(10)11-8-4-2-3-7(9)5-8;;;;/h2-4,11H,1H3;2-5H,1H3;;3*1H/q;;+3;;;/p-3. The molecule has 0 aliphatic carbocycles. The number of carbonyl (C=O) groups is 2. The first kappa shape index (κ1) is 24.6.